The summed E-state index contributed by atoms with van der Waals surface area (Å²) >= 11 is 0. The van der Waals surface area contributed by atoms with Gasteiger partial charge in [-0.15, -0.1) is 0 Å². The Morgan fingerprint density at radius 3 is 2.00 bits per heavy atom. The first-order chi connectivity index (χ1) is 14.2. The van der Waals surface area contributed by atoms with Crippen LogP contribution in [-0.2, 0) is 31.9 Å². The predicted molar refractivity (Wildman–Crippen MR) is 119 cm³/mol. The maximum Gasteiger partial charge on any atom is 0.336 e. The fourth-order valence-electron chi connectivity index (χ4n) is 2.81. The molecule has 0 aliphatic rings. The molecule has 0 saturated heterocycles. The maximum atomic E-state index is 12.0. The van der Waals surface area contributed by atoms with Crippen LogP contribution in [0.1, 0.15) is 57.6 Å². The van der Waals surface area contributed by atoms with Gasteiger partial charge in [0.2, 0.25) is 0 Å². The van der Waals surface area contributed by atoms with E-state index in [4.69, 9.17) is 9.47 Å². The van der Waals surface area contributed by atoms with Gasteiger partial charge < -0.3 is 14.6 Å². The molecule has 1 aromatic carbocycles. The van der Waals surface area contributed by atoms with Crippen molar-refractivity contribution < 1.29 is 24.2 Å². The minimum Gasteiger partial charge on any atom is -0.462 e. The van der Waals surface area contributed by atoms with Crippen molar-refractivity contribution in [2.75, 3.05) is 13.2 Å². The SMILES string of the molecule is C=C(C)C(=O)OCC(CCc1ccc(CCCCC)cc1)COC(=O)C(=C)C(C)O. The molecule has 1 aromatic rings. The fourth-order valence-corrected chi connectivity index (χ4v) is 2.81. The normalized spacial score (nSPS) is 12.7. The molecule has 1 rings (SSSR count). The van der Waals surface area contributed by atoms with E-state index in [1.54, 1.807) is 6.92 Å². The van der Waals surface area contributed by atoms with Crippen molar-refractivity contribution in [3.63, 3.8) is 0 Å². The Balaban J connectivity index is 2.63. The third kappa shape index (κ3) is 9.88. The molecule has 2 unspecified atom stereocenters. The highest BCUT2D eigenvalue weighted by molar-refractivity contribution is 5.88. The van der Waals surface area contributed by atoms with Gasteiger partial charge in [0.25, 0.3) is 0 Å². The van der Waals surface area contributed by atoms with E-state index >= 15 is 0 Å². The number of carbonyl (C=O) groups is 2. The van der Waals surface area contributed by atoms with Crippen LogP contribution in [0.4, 0.5) is 0 Å². The first-order valence-corrected chi connectivity index (χ1v) is 10.7. The van der Waals surface area contributed by atoms with Crippen molar-refractivity contribution in [2.24, 2.45) is 5.92 Å². The van der Waals surface area contributed by atoms with E-state index in [0.29, 0.717) is 12.0 Å². The van der Waals surface area contributed by atoms with Gasteiger partial charge in [-0.05, 0) is 50.7 Å². The summed E-state index contributed by atoms with van der Waals surface area (Å²) in [7, 11) is 0. The maximum absolute atomic E-state index is 12.0. The Morgan fingerprint density at radius 2 is 1.50 bits per heavy atom. The van der Waals surface area contributed by atoms with Gasteiger partial charge in [-0.25, -0.2) is 9.59 Å². The van der Waals surface area contributed by atoms with Gasteiger partial charge in [0, 0.05) is 11.5 Å². The zero-order valence-corrected chi connectivity index (χ0v) is 18.6. The van der Waals surface area contributed by atoms with Crippen molar-refractivity contribution in [2.45, 2.75) is 65.4 Å². The molecule has 0 aliphatic carbocycles. The van der Waals surface area contributed by atoms with E-state index in [2.05, 4.69) is 44.3 Å². The zero-order valence-electron chi connectivity index (χ0n) is 18.6. The van der Waals surface area contributed by atoms with Crippen molar-refractivity contribution in [3.05, 3.63) is 59.7 Å². The van der Waals surface area contributed by atoms with E-state index in [-0.39, 0.29) is 24.7 Å². The third-order valence-electron chi connectivity index (χ3n) is 4.95. The van der Waals surface area contributed by atoms with E-state index in [1.165, 1.54) is 37.3 Å². The van der Waals surface area contributed by atoms with E-state index in [1.807, 2.05) is 0 Å². The molecule has 1 N–H and O–H groups in total. The van der Waals surface area contributed by atoms with Crippen LogP contribution in [0, 0.1) is 5.92 Å². The molecule has 0 aromatic heterocycles. The van der Waals surface area contributed by atoms with Gasteiger partial charge in [-0.1, -0.05) is 57.2 Å². The van der Waals surface area contributed by atoms with Gasteiger partial charge >= 0.3 is 11.9 Å². The molecule has 0 amide bonds. The highest BCUT2D eigenvalue weighted by Crippen LogP contribution is 2.15. The second-order valence-corrected chi connectivity index (χ2v) is 7.86. The first kappa shape index (κ1) is 25.6. The number of benzene rings is 1. The summed E-state index contributed by atoms with van der Waals surface area (Å²) in [6.07, 6.45) is 5.25. The third-order valence-corrected chi connectivity index (χ3v) is 4.95. The topological polar surface area (TPSA) is 72.8 Å². The Morgan fingerprint density at radius 1 is 0.967 bits per heavy atom. The molecule has 166 valence electrons. The second-order valence-electron chi connectivity index (χ2n) is 7.86. The number of aryl methyl sites for hydroxylation is 2. The Hall–Kier alpha value is -2.40. The van der Waals surface area contributed by atoms with Gasteiger partial charge in [-0.3, -0.25) is 0 Å². The van der Waals surface area contributed by atoms with E-state index in [9.17, 15) is 14.7 Å². The molecule has 0 aliphatic heterocycles. The fraction of sp³-hybridized carbons (Fsp3) is 0.520. The van der Waals surface area contributed by atoms with Gasteiger partial charge in [0.15, 0.2) is 0 Å². The molecular weight excluding hydrogens is 380 g/mol. The highest BCUT2D eigenvalue weighted by Gasteiger charge is 2.18. The monoisotopic (exact) mass is 416 g/mol. The molecule has 30 heavy (non-hydrogen) atoms. The quantitative estimate of drug-likeness (QED) is 0.273. The molecule has 0 spiro atoms. The van der Waals surface area contributed by atoms with Crippen LogP contribution in [0.15, 0.2) is 48.6 Å². The van der Waals surface area contributed by atoms with E-state index < -0.39 is 18.0 Å². The molecule has 0 radical (unpaired) electrons. The van der Waals surface area contributed by atoms with Crippen LogP contribution in [0.2, 0.25) is 0 Å². The van der Waals surface area contributed by atoms with E-state index in [0.717, 1.165) is 12.8 Å². The van der Waals surface area contributed by atoms with Crippen molar-refractivity contribution in [1.82, 2.24) is 0 Å². The number of esters is 2. The summed E-state index contributed by atoms with van der Waals surface area (Å²) in [5, 5.41) is 9.46. The molecular formula is C25H36O5. The summed E-state index contributed by atoms with van der Waals surface area (Å²) in [4.78, 5) is 23.7. The van der Waals surface area contributed by atoms with Crippen molar-refractivity contribution in [1.29, 1.82) is 0 Å². The number of ether oxygens (including phenoxy) is 2. The van der Waals surface area contributed by atoms with Gasteiger partial charge in [0.1, 0.15) is 0 Å². The largest absolute Gasteiger partial charge is 0.462 e. The number of hydrogen-bond acceptors (Lipinski definition) is 5. The zero-order chi connectivity index (χ0) is 22.5. The van der Waals surface area contributed by atoms with Crippen LogP contribution >= 0.6 is 0 Å². The smallest absolute Gasteiger partial charge is 0.336 e. The summed E-state index contributed by atoms with van der Waals surface area (Å²) in [5.41, 5.74) is 2.85. The summed E-state index contributed by atoms with van der Waals surface area (Å²) in [6, 6.07) is 8.57. The summed E-state index contributed by atoms with van der Waals surface area (Å²) < 4.78 is 10.5. The van der Waals surface area contributed by atoms with Gasteiger partial charge in [0.05, 0.1) is 24.9 Å². The average molecular weight is 417 g/mol. The lowest BCUT2D eigenvalue weighted by Crippen LogP contribution is -2.24. The molecule has 5 nitrogen and oxygen atoms in total. The molecule has 0 fully saturated rings. The molecule has 2 atom stereocenters. The number of aliphatic hydroxyl groups is 1. The number of aliphatic hydroxyl groups excluding tert-OH is 1. The Labute approximate surface area is 180 Å². The minimum absolute atomic E-state index is 0.00587. The molecule has 5 heteroatoms. The average Bonchev–Trinajstić information content (AvgIpc) is 2.73. The van der Waals surface area contributed by atoms with Gasteiger partial charge in [-0.2, -0.15) is 0 Å². The predicted octanol–water partition coefficient (Wildman–Crippen LogP) is 4.57. The Kier molecular flexibility index (Phi) is 11.8. The minimum atomic E-state index is -0.965. The van der Waals surface area contributed by atoms with Crippen LogP contribution in [-0.4, -0.2) is 36.4 Å². The first-order valence-electron chi connectivity index (χ1n) is 10.7. The lowest BCUT2D eigenvalue weighted by Gasteiger charge is -2.18. The standard InChI is InChI=1S/C25H36O5/c1-6-7-8-9-21-10-12-22(13-11-21)14-15-23(16-29-24(27)18(2)3)17-30-25(28)19(4)20(5)26/h10-13,20,23,26H,2,4,6-9,14-17H2,1,3,5H3. The molecule has 0 bridgehead atoms. The second kappa shape index (κ2) is 13.8. The molecule has 0 heterocycles. The van der Waals surface area contributed by atoms with Crippen LogP contribution < -0.4 is 0 Å². The van der Waals surface area contributed by atoms with Crippen LogP contribution in [0.5, 0.6) is 0 Å². The number of hydrogen-bond donors (Lipinski definition) is 1. The lowest BCUT2D eigenvalue weighted by atomic mass is 9.99. The number of unbranched alkanes of at least 4 members (excludes halogenated alkanes) is 2. The van der Waals surface area contributed by atoms with Crippen LogP contribution in [0.25, 0.3) is 0 Å². The number of rotatable bonds is 14. The number of carbonyl (C=O) groups excluding carboxylic acids is 2. The summed E-state index contributed by atoms with van der Waals surface area (Å²) in [5.74, 6) is -1.27. The van der Waals surface area contributed by atoms with Crippen molar-refractivity contribution >= 4 is 11.9 Å². The lowest BCUT2D eigenvalue weighted by molar-refractivity contribution is -0.144. The van der Waals surface area contributed by atoms with Crippen molar-refractivity contribution in [3.8, 4) is 0 Å². The molecule has 0 saturated carbocycles. The summed E-state index contributed by atoms with van der Waals surface area (Å²) in [6.45, 7) is 12.6. The van der Waals surface area contributed by atoms with Crippen LogP contribution in [0.3, 0.4) is 0 Å². The Bertz CT molecular complexity index is 703. The highest BCUT2D eigenvalue weighted by atomic mass is 16.5.